The van der Waals surface area contributed by atoms with E-state index >= 15 is 0 Å². The third-order valence-electron chi connectivity index (χ3n) is 3.26. The Hall–Kier alpha value is -1.59. The van der Waals surface area contributed by atoms with E-state index < -0.39 is 6.10 Å². The average Bonchev–Trinajstić information content (AvgIpc) is 2.81. The van der Waals surface area contributed by atoms with Gasteiger partial charge in [-0.3, -0.25) is 4.79 Å². The van der Waals surface area contributed by atoms with Gasteiger partial charge in [0.15, 0.2) is 0 Å². The number of carbonyl (C=O) groups excluding carboxylic acids is 1. The fourth-order valence-corrected chi connectivity index (χ4v) is 2.65. The van der Waals surface area contributed by atoms with E-state index in [4.69, 9.17) is 0 Å². The molecule has 21 heavy (non-hydrogen) atoms. The molecule has 2 aromatic rings. The van der Waals surface area contributed by atoms with Crippen LogP contribution in [0.15, 0.2) is 41.0 Å². The molecule has 1 amide bonds. The highest BCUT2D eigenvalue weighted by Gasteiger charge is 2.17. The van der Waals surface area contributed by atoms with Gasteiger partial charge in [-0.25, -0.2) is 0 Å². The Morgan fingerprint density at radius 2 is 1.95 bits per heavy atom. The fraction of sp³-hybridized carbons (Fsp3) is 0.312. The first-order chi connectivity index (χ1) is 9.90. The zero-order valence-electron chi connectivity index (χ0n) is 12.3. The number of aromatic nitrogens is 1. The predicted octanol–water partition coefficient (Wildman–Crippen LogP) is 4.14. The van der Waals surface area contributed by atoms with Gasteiger partial charge in [0.25, 0.3) is 5.91 Å². The van der Waals surface area contributed by atoms with E-state index in [1.807, 2.05) is 36.7 Å². The van der Waals surface area contributed by atoms with Crippen LogP contribution in [0.3, 0.4) is 0 Å². The van der Waals surface area contributed by atoms with E-state index in [-0.39, 0.29) is 11.9 Å². The van der Waals surface area contributed by atoms with E-state index in [1.165, 1.54) is 0 Å². The number of halogens is 1. The fourth-order valence-electron chi connectivity index (χ4n) is 2.22. The number of amides is 1. The molecule has 0 aliphatic heterocycles. The molecule has 1 atom stereocenters. The second kappa shape index (κ2) is 6.45. The van der Waals surface area contributed by atoms with Crippen LogP contribution in [0.4, 0.5) is 5.69 Å². The van der Waals surface area contributed by atoms with E-state index in [0.29, 0.717) is 16.9 Å². The Balaban J connectivity index is 2.31. The number of rotatable bonds is 4. The Morgan fingerprint density at radius 1 is 1.29 bits per heavy atom. The minimum absolute atomic E-state index is 0.184. The summed E-state index contributed by atoms with van der Waals surface area (Å²) in [5, 5.41) is 12.6. The number of benzene rings is 1. The Labute approximate surface area is 132 Å². The molecule has 0 saturated carbocycles. The van der Waals surface area contributed by atoms with Gasteiger partial charge in [0, 0.05) is 28.0 Å². The van der Waals surface area contributed by atoms with Crippen LogP contribution in [0.5, 0.6) is 0 Å². The second-order valence-electron chi connectivity index (χ2n) is 5.26. The Kier molecular flexibility index (Phi) is 4.85. The van der Waals surface area contributed by atoms with Gasteiger partial charge in [0.1, 0.15) is 5.69 Å². The molecule has 0 spiro atoms. The molecule has 0 aliphatic rings. The molecule has 112 valence electrons. The van der Waals surface area contributed by atoms with Crippen LogP contribution in [-0.2, 0) is 0 Å². The number of para-hydroxylation sites is 1. The average molecular weight is 351 g/mol. The highest BCUT2D eigenvalue weighted by Crippen LogP contribution is 2.24. The first-order valence-electron chi connectivity index (χ1n) is 6.86. The summed E-state index contributed by atoms with van der Waals surface area (Å²) in [6.07, 6.45) is 1.25. The Bertz CT molecular complexity index is 647. The van der Waals surface area contributed by atoms with Gasteiger partial charge in [0.2, 0.25) is 0 Å². The maximum absolute atomic E-state index is 12.5. The molecule has 1 unspecified atom stereocenters. The normalized spacial score (nSPS) is 12.5. The lowest BCUT2D eigenvalue weighted by molar-refractivity contribution is 0.101. The molecule has 0 aliphatic carbocycles. The van der Waals surface area contributed by atoms with Crippen molar-refractivity contribution in [2.75, 3.05) is 5.32 Å². The molecule has 0 fully saturated rings. The summed E-state index contributed by atoms with van der Waals surface area (Å²) in [6.45, 7) is 5.72. The summed E-state index contributed by atoms with van der Waals surface area (Å²) in [6, 6.07) is 9.24. The number of hydrogen-bond acceptors (Lipinski definition) is 2. The summed E-state index contributed by atoms with van der Waals surface area (Å²) in [7, 11) is 0. The van der Waals surface area contributed by atoms with Gasteiger partial charge in [0.05, 0.1) is 6.10 Å². The molecule has 2 N–H and O–H groups in total. The van der Waals surface area contributed by atoms with Crippen molar-refractivity contribution in [3.63, 3.8) is 0 Å². The molecular weight excluding hydrogens is 332 g/mol. The highest BCUT2D eigenvalue weighted by atomic mass is 79.9. The van der Waals surface area contributed by atoms with Crippen molar-refractivity contribution in [2.45, 2.75) is 32.9 Å². The van der Waals surface area contributed by atoms with Gasteiger partial charge >= 0.3 is 0 Å². The summed E-state index contributed by atoms with van der Waals surface area (Å²) in [4.78, 5) is 12.5. The largest absolute Gasteiger partial charge is 0.389 e. The number of carbonyl (C=O) groups is 1. The van der Waals surface area contributed by atoms with Crippen molar-refractivity contribution in [3.05, 3.63) is 52.3 Å². The SMILES string of the molecule is CC(O)c1ccccc1NC(=O)c1cc(Br)cn1C(C)C. The molecule has 0 bridgehead atoms. The minimum atomic E-state index is -0.634. The molecule has 5 heteroatoms. The maximum atomic E-state index is 12.5. The topological polar surface area (TPSA) is 54.3 Å². The van der Waals surface area contributed by atoms with Crippen molar-refractivity contribution in [2.24, 2.45) is 0 Å². The lowest BCUT2D eigenvalue weighted by Gasteiger charge is -2.15. The van der Waals surface area contributed by atoms with Crippen LogP contribution < -0.4 is 5.32 Å². The molecule has 1 aromatic carbocycles. The summed E-state index contributed by atoms with van der Waals surface area (Å²) in [5.74, 6) is -0.192. The summed E-state index contributed by atoms with van der Waals surface area (Å²) >= 11 is 3.40. The van der Waals surface area contributed by atoms with Crippen LogP contribution in [0.2, 0.25) is 0 Å². The van der Waals surface area contributed by atoms with Crippen molar-refractivity contribution in [1.82, 2.24) is 4.57 Å². The number of nitrogens with zero attached hydrogens (tertiary/aromatic N) is 1. The monoisotopic (exact) mass is 350 g/mol. The third kappa shape index (κ3) is 3.54. The van der Waals surface area contributed by atoms with Crippen LogP contribution >= 0.6 is 15.9 Å². The van der Waals surface area contributed by atoms with E-state index in [0.717, 1.165) is 4.47 Å². The van der Waals surface area contributed by atoms with Gasteiger partial charge in [-0.15, -0.1) is 0 Å². The van der Waals surface area contributed by atoms with Crippen LogP contribution in [0, 0.1) is 0 Å². The van der Waals surface area contributed by atoms with Gasteiger partial charge < -0.3 is 15.0 Å². The van der Waals surface area contributed by atoms with E-state index in [2.05, 4.69) is 21.2 Å². The lowest BCUT2D eigenvalue weighted by atomic mass is 10.1. The molecule has 2 rings (SSSR count). The first-order valence-corrected chi connectivity index (χ1v) is 7.65. The maximum Gasteiger partial charge on any atom is 0.272 e. The van der Waals surface area contributed by atoms with Crippen molar-refractivity contribution in [1.29, 1.82) is 0 Å². The van der Waals surface area contributed by atoms with Crippen molar-refractivity contribution >= 4 is 27.5 Å². The van der Waals surface area contributed by atoms with Crippen LogP contribution in [-0.4, -0.2) is 15.6 Å². The van der Waals surface area contributed by atoms with E-state index in [9.17, 15) is 9.90 Å². The highest BCUT2D eigenvalue weighted by molar-refractivity contribution is 9.10. The van der Waals surface area contributed by atoms with Crippen molar-refractivity contribution in [3.8, 4) is 0 Å². The zero-order valence-corrected chi connectivity index (χ0v) is 13.9. The number of nitrogens with one attached hydrogen (secondary N) is 1. The smallest absolute Gasteiger partial charge is 0.272 e. The molecular formula is C16H19BrN2O2. The molecule has 4 nitrogen and oxygen atoms in total. The number of hydrogen-bond donors (Lipinski definition) is 2. The number of aliphatic hydroxyl groups is 1. The van der Waals surface area contributed by atoms with Crippen LogP contribution in [0.1, 0.15) is 49.0 Å². The molecule has 1 aromatic heterocycles. The minimum Gasteiger partial charge on any atom is -0.389 e. The predicted molar refractivity (Wildman–Crippen MR) is 87.5 cm³/mol. The zero-order chi connectivity index (χ0) is 15.6. The second-order valence-corrected chi connectivity index (χ2v) is 6.18. The standard InChI is InChI=1S/C16H19BrN2O2/c1-10(2)19-9-12(17)8-15(19)16(21)18-14-7-5-4-6-13(14)11(3)20/h4-11,20H,1-3H3,(H,18,21). The van der Waals surface area contributed by atoms with Gasteiger partial charge in [-0.1, -0.05) is 18.2 Å². The number of aliphatic hydroxyl groups excluding tert-OH is 1. The van der Waals surface area contributed by atoms with Crippen LogP contribution in [0.25, 0.3) is 0 Å². The van der Waals surface area contributed by atoms with Crippen molar-refractivity contribution < 1.29 is 9.90 Å². The molecule has 0 saturated heterocycles. The molecule has 1 heterocycles. The third-order valence-corrected chi connectivity index (χ3v) is 3.70. The quantitative estimate of drug-likeness (QED) is 0.870. The lowest BCUT2D eigenvalue weighted by Crippen LogP contribution is -2.18. The summed E-state index contributed by atoms with van der Waals surface area (Å²) in [5.41, 5.74) is 1.91. The first kappa shape index (κ1) is 15.8. The van der Waals surface area contributed by atoms with Gasteiger partial charge in [-0.05, 0) is 48.8 Å². The Morgan fingerprint density at radius 3 is 2.57 bits per heavy atom. The summed E-state index contributed by atoms with van der Waals surface area (Å²) < 4.78 is 2.77. The van der Waals surface area contributed by atoms with E-state index in [1.54, 1.807) is 25.1 Å². The molecule has 0 radical (unpaired) electrons. The van der Waals surface area contributed by atoms with Gasteiger partial charge in [-0.2, -0.15) is 0 Å². The number of anilines is 1.